The Bertz CT molecular complexity index is 944. The van der Waals surface area contributed by atoms with Crippen molar-refractivity contribution in [2.45, 2.75) is 32.6 Å². The smallest absolute Gasteiger partial charge is 0.219 e. The number of benzene rings is 1. The van der Waals surface area contributed by atoms with E-state index in [-0.39, 0.29) is 23.8 Å². The van der Waals surface area contributed by atoms with E-state index < -0.39 is 5.82 Å². The van der Waals surface area contributed by atoms with Gasteiger partial charge in [0.1, 0.15) is 5.82 Å². The molecule has 0 amide bonds. The number of halogens is 1. The van der Waals surface area contributed by atoms with Crippen LogP contribution in [0.1, 0.15) is 36.8 Å². The molecule has 0 saturated heterocycles. The zero-order chi connectivity index (χ0) is 19.7. The van der Waals surface area contributed by atoms with Crippen molar-refractivity contribution in [2.75, 3.05) is 7.11 Å². The van der Waals surface area contributed by atoms with Crippen LogP contribution in [0.25, 0.3) is 11.4 Å². The molecule has 0 radical (unpaired) electrons. The van der Waals surface area contributed by atoms with E-state index in [0.717, 1.165) is 11.1 Å². The van der Waals surface area contributed by atoms with Gasteiger partial charge in [0.2, 0.25) is 5.88 Å². The molecule has 0 bridgehead atoms. The monoisotopic (exact) mass is 368 g/mol. The van der Waals surface area contributed by atoms with Crippen LogP contribution in [-0.2, 0) is 4.79 Å². The Hall–Kier alpha value is -3.09. The average molecular weight is 368 g/mol. The molecule has 6 nitrogen and oxygen atoms in total. The Kier molecular flexibility index (Phi) is 5.03. The molecule has 3 rings (SSSR count). The van der Waals surface area contributed by atoms with Gasteiger partial charge < -0.3 is 15.9 Å². The molecule has 1 aliphatic rings. The number of Topliss-reactive ketones (excluding diaryl/α,β-unsaturated/α-hetero) is 1. The van der Waals surface area contributed by atoms with Gasteiger partial charge in [-0.25, -0.2) is 9.37 Å². The lowest BCUT2D eigenvalue weighted by molar-refractivity contribution is -0.115. The van der Waals surface area contributed by atoms with E-state index in [1.807, 2.05) is 6.92 Å². The van der Waals surface area contributed by atoms with Crippen molar-refractivity contribution in [1.82, 2.24) is 9.97 Å². The summed E-state index contributed by atoms with van der Waals surface area (Å²) < 4.78 is 19.2. The fourth-order valence-electron chi connectivity index (χ4n) is 3.43. The van der Waals surface area contributed by atoms with E-state index in [1.165, 1.54) is 19.2 Å². The van der Waals surface area contributed by atoms with Crippen molar-refractivity contribution in [2.24, 2.45) is 5.73 Å². The van der Waals surface area contributed by atoms with Gasteiger partial charge in [-0.1, -0.05) is 6.07 Å². The molecule has 3 N–H and O–H groups in total. The number of hydrogen-bond donors (Lipinski definition) is 2. The lowest BCUT2D eigenvalue weighted by Crippen LogP contribution is -2.27. The quantitative estimate of drug-likeness (QED) is 0.810. The van der Waals surface area contributed by atoms with Crippen LogP contribution in [0, 0.1) is 18.2 Å². The van der Waals surface area contributed by atoms with Crippen molar-refractivity contribution in [3.8, 4) is 17.3 Å². The number of nitrogens with zero attached hydrogens (tertiary/aromatic N) is 2. The number of nitrogens with two attached hydrogens (primary N) is 1. The van der Waals surface area contributed by atoms with Crippen LogP contribution < -0.4 is 10.5 Å². The molecule has 1 aromatic carbocycles. The van der Waals surface area contributed by atoms with Crippen molar-refractivity contribution < 1.29 is 13.9 Å². The SMILES string of the molecule is COc1nc(-c2cc(F)ccc2[C@H]2CC(=N)/C(=C(/C)N)C(=O)C2)ncc1C. The van der Waals surface area contributed by atoms with Crippen LogP contribution in [0.3, 0.4) is 0 Å². The second-order valence-corrected chi connectivity index (χ2v) is 6.68. The van der Waals surface area contributed by atoms with Crippen LogP contribution in [0.15, 0.2) is 35.7 Å². The molecule has 1 heterocycles. The summed E-state index contributed by atoms with van der Waals surface area (Å²) in [6.45, 7) is 3.44. The maximum atomic E-state index is 14.0. The number of methoxy groups -OCH3 is 1. The first-order valence-electron chi connectivity index (χ1n) is 8.56. The number of ketones is 1. The Balaban J connectivity index is 2.07. The van der Waals surface area contributed by atoms with Crippen molar-refractivity contribution in [3.05, 3.63) is 52.6 Å². The summed E-state index contributed by atoms with van der Waals surface area (Å²) in [5.41, 5.74) is 8.60. The first-order chi connectivity index (χ1) is 12.8. The molecule has 1 fully saturated rings. The third-order valence-electron chi connectivity index (χ3n) is 4.67. The Morgan fingerprint density at radius 3 is 2.74 bits per heavy atom. The molecule has 1 saturated carbocycles. The van der Waals surface area contributed by atoms with E-state index in [2.05, 4.69) is 9.97 Å². The second kappa shape index (κ2) is 7.26. The minimum Gasteiger partial charge on any atom is -0.481 e. The highest BCUT2D eigenvalue weighted by Gasteiger charge is 2.31. The molecule has 2 aromatic rings. The van der Waals surface area contributed by atoms with Gasteiger partial charge in [0, 0.05) is 35.2 Å². The number of aromatic nitrogens is 2. The van der Waals surface area contributed by atoms with Gasteiger partial charge in [-0.05, 0) is 43.9 Å². The third-order valence-corrected chi connectivity index (χ3v) is 4.67. The number of rotatable bonds is 3. The number of carbonyl (C=O) groups excluding carboxylic acids is 1. The van der Waals surface area contributed by atoms with E-state index in [1.54, 1.807) is 19.2 Å². The van der Waals surface area contributed by atoms with Gasteiger partial charge in [0.25, 0.3) is 0 Å². The highest BCUT2D eigenvalue weighted by atomic mass is 19.1. The first-order valence-corrected chi connectivity index (χ1v) is 8.56. The van der Waals surface area contributed by atoms with Gasteiger partial charge in [0.05, 0.1) is 12.7 Å². The molecule has 0 aliphatic heterocycles. The molecular formula is C20H21FN4O2. The van der Waals surface area contributed by atoms with Crippen LogP contribution in [-0.4, -0.2) is 28.6 Å². The third kappa shape index (κ3) is 3.58. The predicted molar refractivity (Wildman–Crippen MR) is 100 cm³/mol. The lowest BCUT2D eigenvalue weighted by Gasteiger charge is -2.26. The van der Waals surface area contributed by atoms with E-state index in [9.17, 15) is 9.18 Å². The standard InChI is InChI=1S/C20H21FN4O2/c1-10-9-24-19(25-20(10)27-3)15-8-13(21)4-5-14(15)12-6-16(23)18(11(2)22)17(26)7-12/h4-5,8-9,12,23H,6-7,22H2,1-3H3/b18-11+,23-16?/t12-/m0/s1. The van der Waals surface area contributed by atoms with Crippen molar-refractivity contribution >= 4 is 11.5 Å². The van der Waals surface area contributed by atoms with E-state index >= 15 is 0 Å². The second-order valence-electron chi connectivity index (χ2n) is 6.68. The van der Waals surface area contributed by atoms with Gasteiger partial charge >= 0.3 is 0 Å². The molecule has 140 valence electrons. The number of hydrogen-bond acceptors (Lipinski definition) is 6. The lowest BCUT2D eigenvalue weighted by atomic mass is 9.77. The van der Waals surface area contributed by atoms with Gasteiger partial charge in [-0.2, -0.15) is 4.98 Å². The normalized spacial score (nSPS) is 19.2. The average Bonchev–Trinajstić information content (AvgIpc) is 2.61. The molecule has 7 heteroatoms. The Morgan fingerprint density at radius 1 is 1.37 bits per heavy atom. The maximum Gasteiger partial charge on any atom is 0.219 e. The number of carbonyl (C=O) groups is 1. The summed E-state index contributed by atoms with van der Waals surface area (Å²) in [6, 6.07) is 4.33. The van der Waals surface area contributed by atoms with Crippen molar-refractivity contribution in [3.63, 3.8) is 0 Å². The number of allylic oxidation sites excluding steroid dienone is 2. The summed E-state index contributed by atoms with van der Waals surface area (Å²) in [5.74, 6) is -0.130. The molecule has 0 unspecified atom stereocenters. The van der Waals surface area contributed by atoms with Gasteiger partial charge in [-0.3, -0.25) is 4.79 Å². The Labute approximate surface area is 156 Å². The fourth-order valence-corrected chi connectivity index (χ4v) is 3.43. The van der Waals surface area contributed by atoms with Crippen LogP contribution in [0.5, 0.6) is 5.88 Å². The zero-order valence-corrected chi connectivity index (χ0v) is 15.5. The summed E-state index contributed by atoms with van der Waals surface area (Å²) in [6.07, 6.45) is 2.16. The molecule has 27 heavy (non-hydrogen) atoms. The minimum absolute atomic E-state index is 0.172. The van der Waals surface area contributed by atoms with E-state index in [0.29, 0.717) is 35.0 Å². The number of nitrogens with one attached hydrogen (secondary N) is 1. The summed E-state index contributed by atoms with van der Waals surface area (Å²) in [4.78, 5) is 21.2. The highest BCUT2D eigenvalue weighted by Crippen LogP contribution is 2.37. The number of aryl methyl sites for hydroxylation is 1. The predicted octanol–water partition coefficient (Wildman–Crippen LogP) is 3.30. The van der Waals surface area contributed by atoms with Gasteiger partial charge in [-0.15, -0.1) is 0 Å². The highest BCUT2D eigenvalue weighted by molar-refractivity contribution is 6.23. The van der Waals surface area contributed by atoms with Crippen LogP contribution >= 0.6 is 0 Å². The molecule has 0 spiro atoms. The Morgan fingerprint density at radius 2 is 2.11 bits per heavy atom. The molecule has 1 atom stereocenters. The summed E-state index contributed by atoms with van der Waals surface area (Å²) in [7, 11) is 1.51. The van der Waals surface area contributed by atoms with Crippen molar-refractivity contribution in [1.29, 1.82) is 5.41 Å². The summed E-state index contributed by atoms with van der Waals surface area (Å²) in [5, 5.41) is 8.21. The minimum atomic E-state index is -0.424. The molecule has 1 aliphatic carbocycles. The van der Waals surface area contributed by atoms with Gasteiger partial charge in [0.15, 0.2) is 11.6 Å². The molecule has 1 aromatic heterocycles. The molecular weight excluding hydrogens is 347 g/mol. The summed E-state index contributed by atoms with van der Waals surface area (Å²) >= 11 is 0. The maximum absolute atomic E-state index is 14.0. The zero-order valence-electron chi connectivity index (χ0n) is 15.5. The fraction of sp³-hybridized carbons (Fsp3) is 0.300. The largest absolute Gasteiger partial charge is 0.481 e. The first kappa shape index (κ1) is 18.7. The topological polar surface area (TPSA) is 102 Å². The number of ether oxygens (including phenoxy) is 1. The van der Waals surface area contributed by atoms with Crippen LogP contribution in [0.4, 0.5) is 4.39 Å². The van der Waals surface area contributed by atoms with E-state index in [4.69, 9.17) is 15.9 Å². The van der Waals surface area contributed by atoms with Crippen LogP contribution in [0.2, 0.25) is 0 Å².